The van der Waals surface area contributed by atoms with Crippen LogP contribution in [0.15, 0.2) is 140 Å². The smallest absolute Gasteiger partial charge is 0.193 e. The largest absolute Gasteiger partial charge is 0.497 e. The number of hydrogen-bond donors (Lipinski definition) is 0. The molecule has 0 saturated carbocycles. The zero-order chi connectivity index (χ0) is 34.8. The van der Waals surface area contributed by atoms with Crippen LogP contribution in [0.3, 0.4) is 0 Å². The first-order chi connectivity index (χ1) is 23.7. The number of ether oxygens (including phenoxy) is 4. The fourth-order valence-corrected chi connectivity index (χ4v) is 4.86. The van der Waals surface area contributed by atoms with Crippen LogP contribution in [0.5, 0.6) is 34.5 Å². The van der Waals surface area contributed by atoms with Crippen molar-refractivity contribution in [1.29, 1.82) is 0 Å². The maximum atomic E-state index is 12.5. The van der Waals surface area contributed by atoms with Crippen LogP contribution < -0.4 is 18.9 Å². The van der Waals surface area contributed by atoms with Gasteiger partial charge in [0.25, 0.3) is 0 Å². The van der Waals surface area contributed by atoms with E-state index in [1.54, 1.807) is 50.6 Å². The highest BCUT2D eigenvalue weighted by Gasteiger charge is 2.11. The Morgan fingerprint density at radius 1 is 0.388 bits per heavy atom. The van der Waals surface area contributed by atoms with Gasteiger partial charge in [0.2, 0.25) is 0 Å². The number of methoxy groups -OCH3 is 2. The molecule has 0 fully saturated rings. The average Bonchev–Trinajstić information content (AvgIpc) is 3.14. The Labute approximate surface area is 287 Å². The average molecular weight is 651 g/mol. The lowest BCUT2D eigenvalue weighted by atomic mass is 10.0. The maximum absolute atomic E-state index is 12.5. The molecular weight excluding hydrogens is 612 g/mol. The molecule has 0 amide bonds. The molecule has 246 valence electrons. The van der Waals surface area contributed by atoms with Crippen LogP contribution >= 0.6 is 0 Å². The zero-order valence-corrected chi connectivity index (χ0v) is 28.2. The van der Waals surface area contributed by atoms with Crippen molar-refractivity contribution in [3.05, 3.63) is 178 Å². The number of carbonyl (C=O) groups excluding carboxylic acids is 2. The van der Waals surface area contributed by atoms with Gasteiger partial charge in [-0.3, -0.25) is 9.59 Å². The van der Waals surface area contributed by atoms with E-state index >= 15 is 0 Å². The molecule has 6 aromatic rings. The molecule has 0 atom stereocenters. The second-order valence-electron chi connectivity index (χ2n) is 11.5. The molecule has 0 saturated heterocycles. The van der Waals surface area contributed by atoms with Crippen LogP contribution in [0.1, 0.15) is 48.5 Å². The van der Waals surface area contributed by atoms with Gasteiger partial charge in [-0.1, -0.05) is 59.7 Å². The van der Waals surface area contributed by atoms with Gasteiger partial charge in [-0.2, -0.15) is 0 Å². The van der Waals surface area contributed by atoms with Gasteiger partial charge < -0.3 is 18.9 Å². The van der Waals surface area contributed by atoms with E-state index in [2.05, 4.69) is 0 Å². The van der Waals surface area contributed by atoms with E-state index in [-0.39, 0.29) is 11.6 Å². The number of aryl methyl sites for hydroxylation is 3. The highest BCUT2D eigenvalue weighted by atomic mass is 16.5. The second kappa shape index (κ2) is 16.1. The van der Waals surface area contributed by atoms with E-state index < -0.39 is 0 Å². The predicted octanol–water partition coefficient (Wildman–Crippen LogP) is 10.4. The van der Waals surface area contributed by atoms with Crippen molar-refractivity contribution in [3.8, 4) is 34.5 Å². The molecule has 0 aliphatic rings. The van der Waals surface area contributed by atoms with Gasteiger partial charge in [0.05, 0.1) is 14.2 Å². The third-order valence-electron chi connectivity index (χ3n) is 7.77. The molecule has 49 heavy (non-hydrogen) atoms. The number of carbonyl (C=O) groups is 2. The molecule has 0 N–H and O–H groups in total. The molecule has 0 aliphatic heterocycles. The Kier molecular flexibility index (Phi) is 11.2. The molecule has 0 aliphatic carbocycles. The second-order valence-corrected chi connectivity index (χ2v) is 11.5. The van der Waals surface area contributed by atoms with Gasteiger partial charge in [-0.15, -0.1) is 0 Å². The number of benzene rings is 6. The van der Waals surface area contributed by atoms with Gasteiger partial charge in [0.15, 0.2) is 11.6 Å². The van der Waals surface area contributed by atoms with Crippen LogP contribution in [0, 0.1) is 20.8 Å². The molecule has 6 rings (SSSR count). The van der Waals surface area contributed by atoms with Crippen molar-refractivity contribution < 1.29 is 28.5 Å². The van der Waals surface area contributed by atoms with Gasteiger partial charge in [0, 0.05) is 22.3 Å². The summed E-state index contributed by atoms with van der Waals surface area (Å²) >= 11 is 0. The fourth-order valence-electron chi connectivity index (χ4n) is 4.86. The van der Waals surface area contributed by atoms with Crippen LogP contribution in [0.25, 0.3) is 0 Å². The molecule has 0 radical (unpaired) electrons. The summed E-state index contributed by atoms with van der Waals surface area (Å²) in [7, 11) is 3.26. The first-order valence-electron chi connectivity index (χ1n) is 15.8. The minimum atomic E-state index is 0.00555. The van der Waals surface area contributed by atoms with Crippen LogP contribution in [-0.2, 0) is 0 Å². The normalized spacial score (nSPS) is 10.3. The summed E-state index contributed by atoms with van der Waals surface area (Å²) < 4.78 is 22.0. The Bertz CT molecular complexity index is 1990. The Morgan fingerprint density at radius 3 is 1.10 bits per heavy atom. The van der Waals surface area contributed by atoms with Crippen molar-refractivity contribution >= 4 is 11.6 Å². The molecule has 0 unspecified atom stereocenters. The number of hydrogen-bond acceptors (Lipinski definition) is 6. The first kappa shape index (κ1) is 34.2. The van der Waals surface area contributed by atoms with Crippen molar-refractivity contribution in [2.45, 2.75) is 20.8 Å². The molecule has 0 bridgehead atoms. The fraction of sp³-hybridized carbons (Fsp3) is 0.116. The summed E-state index contributed by atoms with van der Waals surface area (Å²) in [6.07, 6.45) is 0. The standard InChI is InChI=1S/C22H20O3.C21H18O3/c1-15-4-6-17(7-5-15)22(23)18-8-10-19(11-9-18)25-21-13-12-20(24-3)14-16(21)2;1-15-3-5-16(6-4-15)21(22)17-7-9-19(10-8-17)24-20-13-11-18(23-2)12-14-20/h4-14H,1-3H3;3-14H,1-2H3. The lowest BCUT2D eigenvalue weighted by molar-refractivity contribution is 0.103. The van der Waals surface area contributed by atoms with E-state index in [0.29, 0.717) is 39.5 Å². The molecule has 6 nitrogen and oxygen atoms in total. The van der Waals surface area contributed by atoms with Gasteiger partial charge in [-0.25, -0.2) is 0 Å². The predicted molar refractivity (Wildman–Crippen MR) is 193 cm³/mol. The molecule has 0 spiro atoms. The summed E-state index contributed by atoms with van der Waals surface area (Å²) in [5, 5.41) is 0. The van der Waals surface area contributed by atoms with Crippen molar-refractivity contribution in [2.75, 3.05) is 14.2 Å². The van der Waals surface area contributed by atoms with Crippen molar-refractivity contribution in [1.82, 2.24) is 0 Å². The minimum Gasteiger partial charge on any atom is -0.497 e. The van der Waals surface area contributed by atoms with Crippen LogP contribution in [0.4, 0.5) is 0 Å². The van der Waals surface area contributed by atoms with Gasteiger partial charge >= 0.3 is 0 Å². The first-order valence-corrected chi connectivity index (χ1v) is 15.8. The third-order valence-corrected chi connectivity index (χ3v) is 7.77. The molecule has 6 aromatic carbocycles. The molecule has 0 heterocycles. The van der Waals surface area contributed by atoms with Crippen molar-refractivity contribution in [3.63, 3.8) is 0 Å². The van der Waals surface area contributed by atoms with E-state index in [0.717, 1.165) is 33.9 Å². The zero-order valence-electron chi connectivity index (χ0n) is 28.2. The van der Waals surface area contributed by atoms with Crippen LogP contribution in [-0.4, -0.2) is 25.8 Å². The summed E-state index contributed by atoms with van der Waals surface area (Å²) in [5.41, 5.74) is 5.90. The summed E-state index contributed by atoms with van der Waals surface area (Å²) in [6.45, 7) is 5.97. The van der Waals surface area contributed by atoms with Crippen molar-refractivity contribution in [2.24, 2.45) is 0 Å². The van der Waals surface area contributed by atoms with Gasteiger partial charge in [0.1, 0.15) is 34.5 Å². The summed E-state index contributed by atoms with van der Waals surface area (Å²) in [4.78, 5) is 24.9. The van der Waals surface area contributed by atoms with E-state index in [9.17, 15) is 9.59 Å². The lowest BCUT2D eigenvalue weighted by Crippen LogP contribution is -2.01. The highest BCUT2D eigenvalue weighted by Crippen LogP contribution is 2.29. The molecular formula is C43H38O6. The quantitative estimate of drug-likeness (QED) is 0.137. The number of rotatable bonds is 10. The molecule has 0 aromatic heterocycles. The molecule has 6 heteroatoms. The maximum Gasteiger partial charge on any atom is 0.193 e. The van der Waals surface area contributed by atoms with Crippen LogP contribution in [0.2, 0.25) is 0 Å². The number of ketones is 2. The van der Waals surface area contributed by atoms with Gasteiger partial charge in [-0.05, 0) is 117 Å². The Hall–Kier alpha value is -6.14. The summed E-state index contributed by atoms with van der Waals surface area (Å²) in [6, 6.07) is 42.5. The topological polar surface area (TPSA) is 71.1 Å². The monoisotopic (exact) mass is 650 g/mol. The third kappa shape index (κ3) is 9.24. The van der Waals surface area contributed by atoms with E-state index in [1.165, 1.54) is 0 Å². The SMILES string of the molecule is COc1ccc(Oc2ccc(C(=O)c3ccc(C)cc3)cc2)c(C)c1.COc1ccc(Oc2ccc(C(=O)c3ccc(C)cc3)cc2)cc1. The summed E-state index contributed by atoms with van der Waals surface area (Å²) in [5.74, 6) is 4.43. The Morgan fingerprint density at radius 2 is 0.714 bits per heavy atom. The highest BCUT2D eigenvalue weighted by molar-refractivity contribution is 6.09. The van der Waals surface area contributed by atoms with E-state index in [1.807, 2.05) is 124 Å². The minimum absolute atomic E-state index is 0.00555. The van der Waals surface area contributed by atoms with E-state index in [4.69, 9.17) is 18.9 Å². The lowest BCUT2D eigenvalue weighted by Gasteiger charge is -2.10. The Balaban J connectivity index is 0.000000191.